The van der Waals surface area contributed by atoms with E-state index in [1.165, 1.54) is 5.56 Å². The molecule has 1 N–H and O–H groups in total. The van der Waals surface area contributed by atoms with E-state index in [1.807, 2.05) is 44.2 Å². The minimum Gasteiger partial charge on any atom is -0.491 e. The lowest BCUT2D eigenvalue weighted by Crippen LogP contribution is -2.29. The molecule has 4 rings (SSSR count). The van der Waals surface area contributed by atoms with Gasteiger partial charge in [-0.1, -0.05) is 18.2 Å². The van der Waals surface area contributed by atoms with E-state index < -0.39 is 0 Å². The summed E-state index contributed by atoms with van der Waals surface area (Å²) in [5, 5.41) is 3.76. The summed E-state index contributed by atoms with van der Waals surface area (Å²) in [4.78, 5) is 25.6. The van der Waals surface area contributed by atoms with E-state index in [0.29, 0.717) is 24.4 Å². The predicted octanol–water partition coefficient (Wildman–Crippen LogP) is 4.12. The second kappa shape index (κ2) is 8.69. The lowest BCUT2D eigenvalue weighted by Gasteiger charge is -2.12. The molecule has 0 bridgehead atoms. The SMILES string of the molecule is Cc1cccc(OCCNC(=O)c2cc(-c3cccnc3)c3cnccc3n2)c1C. The number of pyridine rings is 3. The van der Waals surface area contributed by atoms with Gasteiger partial charge in [0.1, 0.15) is 18.1 Å². The number of hydrogen-bond donors (Lipinski definition) is 1. The highest BCUT2D eigenvalue weighted by Gasteiger charge is 2.13. The average molecular weight is 398 g/mol. The van der Waals surface area contributed by atoms with Gasteiger partial charge in [-0.25, -0.2) is 4.98 Å². The molecular weight excluding hydrogens is 376 g/mol. The molecule has 0 saturated carbocycles. The topological polar surface area (TPSA) is 77.0 Å². The number of carbonyl (C=O) groups is 1. The molecule has 3 heterocycles. The number of rotatable bonds is 6. The molecule has 0 saturated heterocycles. The van der Waals surface area contributed by atoms with Gasteiger partial charge >= 0.3 is 0 Å². The number of nitrogens with zero attached hydrogens (tertiary/aromatic N) is 3. The lowest BCUT2D eigenvalue weighted by atomic mass is 10.0. The maximum Gasteiger partial charge on any atom is 0.270 e. The number of amides is 1. The molecule has 1 aromatic carbocycles. The number of fused-ring (bicyclic) bond motifs is 1. The van der Waals surface area contributed by atoms with E-state index in [-0.39, 0.29) is 5.91 Å². The molecule has 6 nitrogen and oxygen atoms in total. The van der Waals surface area contributed by atoms with E-state index in [4.69, 9.17) is 4.74 Å². The Kier molecular flexibility index (Phi) is 5.66. The molecule has 0 spiro atoms. The van der Waals surface area contributed by atoms with Gasteiger partial charge in [-0.2, -0.15) is 0 Å². The first-order valence-corrected chi connectivity index (χ1v) is 9.76. The quantitative estimate of drug-likeness (QED) is 0.495. The summed E-state index contributed by atoms with van der Waals surface area (Å²) in [6, 6.07) is 13.3. The summed E-state index contributed by atoms with van der Waals surface area (Å²) in [6.45, 7) is 4.83. The fourth-order valence-corrected chi connectivity index (χ4v) is 3.24. The van der Waals surface area contributed by atoms with Crippen LogP contribution in [0.2, 0.25) is 0 Å². The van der Waals surface area contributed by atoms with Crippen molar-refractivity contribution in [3.63, 3.8) is 0 Å². The largest absolute Gasteiger partial charge is 0.491 e. The Balaban J connectivity index is 1.50. The van der Waals surface area contributed by atoms with E-state index >= 15 is 0 Å². The van der Waals surface area contributed by atoms with Crippen LogP contribution in [0.4, 0.5) is 0 Å². The predicted molar refractivity (Wildman–Crippen MR) is 117 cm³/mol. The van der Waals surface area contributed by atoms with Crippen LogP contribution in [0, 0.1) is 13.8 Å². The summed E-state index contributed by atoms with van der Waals surface area (Å²) in [5.41, 5.74) is 5.12. The molecule has 1 amide bonds. The molecular formula is C24H22N4O2. The molecule has 150 valence electrons. The van der Waals surface area contributed by atoms with Gasteiger partial charge in [0.2, 0.25) is 0 Å². The second-order valence-electron chi connectivity index (χ2n) is 6.99. The standard InChI is InChI=1S/C24H22N4O2/c1-16-5-3-7-23(17(16)2)30-12-11-27-24(29)22-13-19(18-6-4-9-25-14-18)20-15-26-10-8-21(20)28-22/h3-10,13-15H,11-12H2,1-2H3,(H,27,29). The third-order valence-corrected chi connectivity index (χ3v) is 5.02. The molecule has 0 unspecified atom stereocenters. The summed E-state index contributed by atoms with van der Waals surface area (Å²) in [7, 11) is 0. The number of aromatic nitrogens is 3. The molecule has 3 aromatic heterocycles. The molecule has 0 fully saturated rings. The van der Waals surface area contributed by atoms with E-state index in [9.17, 15) is 4.79 Å². The maximum absolute atomic E-state index is 12.7. The Labute approximate surface area is 175 Å². The van der Waals surface area contributed by atoms with Crippen molar-refractivity contribution in [2.75, 3.05) is 13.2 Å². The van der Waals surface area contributed by atoms with E-state index in [1.54, 1.807) is 36.9 Å². The first-order valence-electron chi connectivity index (χ1n) is 9.76. The Morgan fingerprint density at radius 2 is 1.90 bits per heavy atom. The van der Waals surface area contributed by atoms with Crippen molar-refractivity contribution in [1.29, 1.82) is 0 Å². The van der Waals surface area contributed by atoms with Crippen molar-refractivity contribution in [3.05, 3.63) is 84.1 Å². The van der Waals surface area contributed by atoms with Gasteiger partial charge < -0.3 is 10.1 Å². The van der Waals surface area contributed by atoms with E-state index in [0.717, 1.165) is 27.8 Å². The zero-order chi connectivity index (χ0) is 20.9. The van der Waals surface area contributed by atoms with E-state index in [2.05, 4.69) is 20.3 Å². The number of ether oxygens (including phenoxy) is 1. The molecule has 0 atom stereocenters. The van der Waals surface area contributed by atoms with Crippen LogP contribution in [0.3, 0.4) is 0 Å². The highest BCUT2D eigenvalue weighted by Crippen LogP contribution is 2.27. The molecule has 4 aromatic rings. The van der Waals surface area contributed by atoms with Gasteiger partial charge in [-0.15, -0.1) is 0 Å². The zero-order valence-electron chi connectivity index (χ0n) is 16.9. The van der Waals surface area contributed by atoms with Crippen LogP contribution < -0.4 is 10.1 Å². The normalized spacial score (nSPS) is 10.7. The number of benzene rings is 1. The van der Waals surface area contributed by atoms with Crippen LogP contribution in [0.5, 0.6) is 5.75 Å². The fraction of sp³-hybridized carbons (Fsp3) is 0.167. The Bertz CT molecular complexity index is 1190. The van der Waals surface area contributed by atoms with Gasteiger partial charge in [-0.3, -0.25) is 14.8 Å². The summed E-state index contributed by atoms with van der Waals surface area (Å²) in [6.07, 6.45) is 6.91. The lowest BCUT2D eigenvalue weighted by molar-refractivity contribution is 0.0942. The number of carbonyl (C=O) groups excluding carboxylic acids is 1. The summed E-state index contributed by atoms with van der Waals surface area (Å²) >= 11 is 0. The van der Waals surface area contributed by atoms with Gasteiger partial charge in [-0.05, 0) is 54.8 Å². The minimum absolute atomic E-state index is 0.247. The maximum atomic E-state index is 12.7. The Hall–Kier alpha value is -3.80. The van der Waals surface area contributed by atoms with Crippen molar-refractivity contribution < 1.29 is 9.53 Å². The molecule has 0 aliphatic heterocycles. The third kappa shape index (κ3) is 4.12. The summed E-state index contributed by atoms with van der Waals surface area (Å²) < 4.78 is 5.82. The first-order chi connectivity index (χ1) is 14.6. The van der Waals surface area contributed by atoms with Crippen LogP contribution in [0.1, 0.15) is 21.6 Å². The van der Waals surface area contributed by atoms with Gasteiger partial charge in [0.25, 0.3) is 5.91 Å². The minimum atomic E-state index is -0.247. The van der Waals surface area contributed by atoms with Crippen LogP contribution in [-0.4, -0.2) is 34.0 Å². The number of nitrogens with one attached hydrogen (secondary N) is 1. The molecule has 0 radical (unpaired) electrons. The molecule has 0 aliphatic carbocycles. The highest BCUT2D eigenvalue weighted by atomic mass is 16.5. The highest BCUT2D eigenvalue weighted by molar-refractivity contribution is 6.00. The third-order valence-electron chi connectivity index (χ3n) is 5.02. The summed E-state index contributed by atoms with van der Waals surface area (Å²) in [5.74, 6) is 0.586. The van der Waals surface area contributed by atoms with Crippen molar-refractivity contribution in [1.82, 2.24) is 20.3 Å². The van der Waals surface area contributed by atoms with Crippen molar-refractivity contribution >= 4 is 16.8 Å². The zero-order valence-corrected chi connectivity index (χ0v) is 16.9. The second-order valence-corrected chi connectivity index (χ2v) is 6.99. The smallest absolute Gasteiger partial charge is 0.270 e. The molecule has 30 heavy (non-hydrogen) atoms. The van der Waals surface area contributed by atoms with Gasteiger partial charge in [0.05, 0.1) is 12.1 Å². The fourth-order valence-electron chi connectivity index (χ4n) is 3.24. The first kappa shape index (κ1) is 19.5. The van der Waals surface area contributed by atoms with Crippen molar-refractivity contribution in [3.8, 4) is 16.9 Å². The van der Waals surface area contributed by atoms with Crippen molar-refractivity contribution in [2.24, 2.45) is 0 Å². The Morgan fingerprint density at radius 1 is 1.03 bits per heavy atom. The van der Waals surface area contributed by atoms with Gasteiger partial charge in [0.15, 0.2) is 0 Å². The average Bonchev–Trinajstić information content (AvgIpc) is 2.79. The van der Waals surface area contributed by atoms with Crippen LogP contribution >= 0.6 is 0 Å². The van der Waals surface area contributed by atoms with Crippen LogP contribution in [0.15, 0.2) is 67.3 Å². The Morgan fingerprint density at radius 3 is 2.73 bits per heavy atom. The van der Waals surface area contributed by atoms with Crippen molar-refractivity contribution in [2.45, 2.75) is 13.8 Å². The van der Waals surface area contributed by atoms with Crippen LogP contribution in [0.25, 0.3) is 22.0 Å². The van der Waals surface area contributed by atoms with Crippen LogP contribution in [-0.2, 0) is 0 Å². The number of aryl methyl sites for hydroxylation is 1. The molecule has 6 heteroatoms. The number of hydrogen-bond acceptors (Lipinski definition) is 5. The monoisotopic (exact) mass is 398 g/mol. The van der Waals surface area contributed by atoms with Gasteiger partial charge in [0, 0.05) is 35.7 Å². The molecule has 0 aliphatic rings.